The number of hydrogen-bond donors (Lipinski definition) is 2. The fourth-order valence-electron chi connectivity index (χ4n) is 3.14. The molecule has 1 aliphatic rings. The molecule has 1 atom stereocenters. The van der Waals surface area contributed by atoms with Crippen LogP contribution in [-0.2, 0) is 19.4 Å². The Morgan fingerprint density at radius 2 is 1.97 bits per heavy atom. The maximum absolute atomic E-state index is 13.1. The van der Waals surface area contributed by atoms with Crippen LogP contribution in [-0.4, -0.2) is 37.9 Å². The molecule has 30 heavy (non-hydrogen) atoms. The van der Waals surface area contributed by atoms with E-state index < -0.39 is 21.0 Å². The molecule has 3 rings (SSSR count). The van der Waals surface area contributed by atoms with Crippen molar-refractivity contribution in [1.82, 2.24) is 0 Å². The molecule has 158 valence electrons. The van der Waals surface area contributed by atoms with Gasteiger partial charge >= 0.3 is 0 Å². The number of ether oxygens (including phenoxy) is 1. The lowest BCUT2D eigenvalue weighted by atomic mass is 10.1. The molecule has 2 aromatic rings. The quantitative estimate of drug-likeness (QED) is 0.680. The van der Waals surface area contributed by atoms with Crippen LogP contribution in [0, 0.1) is 6.92 Å². The Hall–Kier alpha value is -3.20. The number of benzene rings is 2. The van der Waals surface area contributed by atoms with Crippen molar-refractivity contribution in [1.29, 1.82) is 0 Å². The summed E-state index contributed by atoms with van der Waals surface area (Å²) in [6.45, 7) is 4.31. The average molecular weight is 430 g/mol. The largest absolute Gasteiger partial charge is 0.482 e. The van der Waals surface area contributed by atoms with E-state index in [-0.39, 0.29) is 35.4 Å². The van der Waals surface area contributed by atoms with E-state index in [2.05, 4.69) is 10.6 Å². The van der Waals surface area contributed by atoms with Crippen LogP contribution >= 0.6 is 0 Å². The molecule has 2 N–H and O–H groups in total. The Labute approximate surface area is 174 Å². The molecule has 0 spiro atoms. The molecule has 0 saturated carbocycles. The first-order valence-electron chi connectivity index (χ1n) is 9.30. The number of nitrogens with one attached hydrogen (secondary N) is 2. The molecule has 1 aliphatic heterocycles. The Morgan fingerprint density at radius 3 is 2.67 bits per heavy atom. The van der Waals surface area contributed by atoms with Gasteiger partial charge in [-0.05, 0) is 44.5 Å². The first kappa shape index (κ1) is 21.5. The van der Waals surface area contributed by atoms with Crippen molar-refractivity contribution in [2.75, 3.05) is 17.2 Å². The lowest BCUT2D eigenvalue weighted by molar-refractivity contribution is -0.118. The SMILES string of the molecule is CC(=O)c1cccc(NC(=O)CC(C)S(=O)(=O)c2cc3c(cc2C)NC(=O)CO3)c1. The number of sulfone groups is 1. The molecule has 0 aliphatic carbocycles. The van der Waals surface area contributed by atoms with Gasteiger partial charge in [-0.1, -0.05) is 12.1 Å². The van der Waals surface area contributed by atoms with Crippen LogP contribution in [0.2, 0.25) is 0 Å². The molecular weight excluding hydrogens is 408 g/mol. The van der Waals surface area contributed by atoms with Crippen molar-refractivity contribution in [2.24, 2.45) is 0 Å². The van der Waals surface area contributed by atoms with E-state index in [1.165, 1.54) is 19.9 Å². The average Bonchev–Trinajstić information content (AvgIpc) is 2.67. The fraction of sp³-hybridized carbons (Fsp3) is 0.286. The fourth-order valence-corrected chi connectivity index (χ4v) is 4.72. The lowest BCUT2D eigenvalue weighted by Crippen LogP contribution is -2.27. The number of fused-ring (bicyclic) bond motifs is 1. The Morgan fingerprint density at radius 1 is 1.23 bits per heavy atom. The second kappa shape index (κ2) is 8.27. The van der Waals surface area contributed by atoms with Crippen molar-refractivity contribution in [3.05, 3.63) is 47.5 Å². The van der Waals surface area contributed by atoms with Gasteiger partial charge < -0.3 is 15.4 Å². The zero-order chi connectivity index (χ0) is 22.1. The Kier molecular flexibility index (Phi) is 5.93. The van der Waals surface area contributed by atoms with Crippen molar-refractivity contribution < 1.29 is 27.5 Å². The second-order valence-electron chi connectivity index (χ2n) is 7.20. The number of aryl methyl sites for hydroxylation is 1. The highest BCUT2D eigenvalue weighted by Crippen LogP contribution is 2.34. The molecule has 0 radical (unpaired) electrons. The summed E-state index contributed by atoms with van der Waals surface area (Å²) in [6, 6.07) is 9.36. The first-order valence-corrected chi connectivity index (χ1v) is 10.8. The molecule has 0 fully saturated rings. The van der Waals surface area contributed by atoms with Crippen molar-refractivity contribution in [3.8, 4) is 5.75 Å². The van der Waals surface area contributed by atoms with Gasteiger partial charge in [0.25, 0.3) is 5.91 Å². The summed E-state index contributed by atoms with van der Waals surface area (Å²) in [5.74, 6) is -0.651. The third-order valence-electron chi connectivity index (χ3n) is 4.77. The minimum Gasteiger partial charge on any atom is -0.482 e. The molecule has 1 unspecified atom stereocenters. The zero-order valence-electron chi connectivity index (χ0n) is 16.8. The highest BCUT2D eigenvalue weighted by atomic mass is 32.2. The number of carbonyl (C=O) groups is 3. The van der Waals surface area contributed by atoms with Crippen LogP contribution in [0.4, 0.5) is 11.4 Å². The molecule has 8 nitrogen and oxygen atoms in total. The van der Waals surface area contributed by atoms with Crippen molar-refractivity contribution in [3.63, 3.8) is 0 Å². The maximum Gasteiger partial charge on any atom is 0.262 e. The molecule has 2 aromatic carbocycles. The Bertz CT molecular complexity index is 1140. The van der Waals surface area contributed by atoms with E-state index >= 15 is 0 Å². The van der Waals surface area contributed by atoms with Crippen LogP contribution < -0.4 is 15.4 Å². The predicted octanol–water partition coefficient (Wildman–Crippen LogP) is 2.72. The highest BCUT2D eigenvalue weighted by molar-refractivity contribution is 7.92. The second-order valence-corrected chi connectivity index (χ2v) is 9.53. The third kappa shape index (κ3) is 4.51. The van der Waals surface area contributed by atoms with E-state index in [1.807, 2.05) is 0 Å². The summed E-state index contributed by atoms with van der Waals surface area (Å²) in [6.07, 6.45) is -0.263. The number of rotatable bonds is 6. The van der Waals surface area contributed by atoms with E-state index in [1.54, 1.807) is 37.3 Å². The summed E-state index contributed by atoms with van der Waals surface area (Å²) in [7, 11) is -3.83. The number of Topliss-reactive ketones (excluding diaryl/α,β-unsaturated/α-hetero) is 1. The number of hydrogen-bond acceptors (Lipinski definition) is 6. The summed E-state index contributed by atoms with van der Waals surface area (Å²) in [5, 5.41) is 4.27. The lowest BCUT2D eigenvalue weighted by Gasteiger charge is -2.21. The van der Waals surface area contributed by atoms with Gasteiger partial charge in [0.15, 0.2) is 22.2 Å². The van der Waals surface area contributed by atoms with Gasteiger partial charge in [-0.15, -0.1) is 0 Å². The minimum atomic E-state index is -3.83. The normalized spacial score (nSPS) is 14.2. The first-order chi connectivity index (χ1) is 14.1. The number of anilines is 2. The van der Waals surface area contributed by atoms with Gasteiger partial charge in [-0.3, -0.25) is 14.4 Å². The summed E-state index contributed by atoms with van der Waals surface area (Å²) >= 11 is 0. The highest BCUT2D eigenvalue weighted by Gasteiger charge is 2.29. The molecule has 0 saturated heterocycles. The van der Waals surface area contributed by atoms with Crippen LogP contribution in [0.5, 0.6) is 5.75 Å². The van der Waals surface area contributed by atoms with E-state index in [0.717, 1.165) is 0 Å². The minimum absolute atomic E-state index is 0.0521. The van der Waals surface area contributed by atoms with E-state index in [9.17, 15) is 22.8 Å². The van der Waals surface area contributed by atoms with Gasteiger partial charge in [0, 0.05) is 23.7 Å². The third-order valence-corrected chi connectivity index (χ3v) is 7.05. The standard InChI is InChI=1S/C21H22N2O6S/c1-12-7-17-18(29-11-21(26)23-17)10-19(12)30(27,28)13(2)8-20(25)22-16-6-4-5-15(9-16)14(3)24/h4-7,9-10,13H,8,11H2,1-3H3,(H,22,25)(H,23,26). The molecule has 9 heteroatoms. The van der Waals surface area contributed by atoms with E-state index in [4.69, 9.17) is 4.74 Å². The molecule has 2 amide bonds. The summed E-state index contributed by atoms with van der Waals surface area (Å²) < 4.78 is 31.4. The monoisotopic (exact) mass is 430 g/mol. The molecule has 1 heterocycles. The molecule has 0 bridgehead atoms. The maximum atomic E-state index is 13.1. The Balaban J connectivity index is 1.77. The molecular formula is C21H22N2O6S. The van der Waals surface area contributed by atoms with Crippen molar-refractivity contribution in [2.45, 2.75) is 37.3 Å². The van der Waals surface area contributed by atoms with Gasteiger partial charge in [0.05, 0.1) is 15.8 Å². The van der Waals surface area contributed by atoms with Crippen LogP contribution in [0.1, 0.15) is 36.2 Å². The number of carbonyl (C=O) groups excluding carboxylic acids is 3. The van der Waals surface area contributed by atoms with Crippen molar-refractivity contribution >= 4 is 38.8 Å². The zero-order valence-corrected chi connectivity index (χ0v) is 17.6. The number of ketones is 1. The van der Waals surface area contributed by atoms with Crippen LogP contribution in [0.15, 0.2) is 41.3 Å². The van der Waals surface area contributed by atoms with Crippen LogP contribution in [0.25, 0.3) is 0 Å². The van der Waals surface area contributed by atoms with Gasteiger partial charge in [-0.25, -0.2) is 8.42 Å². The predicted molar refractivity (Wildman–Crippen MR) is 112 cm³/mol. The summed E-state index contributed by atoms with van der Waals surface area (Å²) in [4.78, 5) is 35.4. The summed E-state index contributed by atoms with van der Waals surface area (Å²) in [5.41, 5.74) is 1.73. The topological polar surface area (TPSA) is 119 Å². The van der Waals surface area contributed by atoms with E-state index in [0.29, 0.717) is 22.5 Å². The van der Waals surface area contributed by atoms with Gasteiger partial charge in [0.2, 0.25) is 5.91 Å². The smallest absolute Gasteiger partial charge is 0.262 e. The van der Waals surface area contributed by atoms with Gasteiger partial charge in [-0.2, -0.15) is 0 Å². The molecule has 0 aromatic heterocycles. The number of amides is 2. The van der Waals surface area contributed by atoms with Crippen LogP contribution in [0.3, 0.4) is 0 Å². The van der Waals surface area contributed by atoms with Gasteiger partial charge in [0.1, 0.15) is 5.75 Å².